The Hall–Kier alpha value is -1.10. The first-order valence-electron chi connectivity index (χ1n) is 4.87. The van der Waals surface area contributed by atoms with E-state index in [0.717, 1.165) is 4.47 Å². The molecule has 0 unspecified atom stereocenters. The van der Waals surface area contributed by atoms with Crippen LogP contribution in [0.1, 0.15) is 5.56 Å². The number of aliphatic hydroxyl groups excluding tert-OH is 1. The molecule has 0 saturated carbocycles. The molecule has 0 fully saturated rings. The summed E-state index contributed by atoms with van der Waals surface area (Å²) in [6, 6.07) is 6.89. The number of benzene rings is 1. The minimum atomic E-state index is -0.128. The highest BCUT2D eigenvalue weighted by Crippen LogP contribution is 2.28. The van der Waals surface area contributed by atoms with Crippen molar-refractivity contribution in [2.75, 3.05) is 0 Å². The highest BCUT2D eigenvalue weighted by molar-refractivity contribution is 9.10. The molecule has 0 amide bonds. The van der Waals surface area contributed by atoms with Crippen LogP contribution in [0.5, 0.6) is 11.5 Å². The molecule has 0 aliphatic rings. The van der Waals surface area contributed by atoms with Crippen LogP contribution in [0.25, 0.3) is 0 Å². The number of pyridine rings is 1. The Morgan fingerprint density at radius 1 is 1.29 bits per heavy atom. The molecule has 2 rings (SSSR count). The van der Waals surface area contributed by atoms with Gasteiger partial charge in [-0.25, -0.2) is 0 Å². The lowest BCUT2D eigenvalue weighted by molar-refractivity contribution is 0.276. The second kappa shape index (κ2) is 5.49. The minimum Gasteiger partial charge on any atom is -0.455 e. The molecule has 5 heteroatoms. The fourth-order valence-electron chi connectivity index (χ4n) is 1.35. The first-order chi connectivity index (χ1) is 8.19. The predicted octanol–water partition coefficient (Wildman–Crippen LogP) is 3.78. The van der Waals surface area contributed by atoms with Gasteiger partial charge < -0.3 is 9.84 Å². The molecule has 0 spiro atoms. The van der Waals surface area contributed by atoms with Gasteiger partial charge in [-0.3, -0.25) is 4.98 Å². The average Bonchev–Trinajstić information content (AvgIpc) is 2.31. The van der Waals surface area contributed by atoms with Crippen molar-refractivity contribution in [1.29, 1.82) is 0 Å². The van der Waals surface area contributed by atoms with Crippen molar-refractivity contribution in [2.45, 2.75) is 6.61 Å². The topological polar surface area (TPSA) is 42.4 Å². The fourth-order valence-corrected chi connectivity index (χ4v) is 1.88. The third-order valence-electron chi connectivity index (χ3n) is 2.10. The normalized spacial score (nSPS) is 10.3. The molecule has 88 valence electrons. The SMILES string of the molecule is OCc1cc(Cl)ccc1Oc1cncc(Br)c1. The van der Waals surface area contributed by atoms with E-state index in [1.54, 1.807) is 36.7 Å². The predicted molar refractivity (Wildman–Crippen MR) is 69.4 cm³/mol. The molecule has 3 nitrogen and oxygen atoms in total. The molecule has 0 radical (unpaired) electrons. The van der Waals surface area contributed by atoms with Gasteiger partial charge in [0, 0.05) is 21.3 Å². The van der Waals surface area contributed by atoms with E-state index in [4.69, 9.17) is 16.3 Å². The summed E-state index contributed by atoms with van der Waals surface area (Å²) in [6.45, 7) is -0.128. The van der Waals surface area contributed by atoms with Crippen LogP contribution in [-0.2, 0) is 6.61 Å². The molecular weight excluding hydrogens is 305 g/mol. The number of hydrogen-bond acceptors (Lipinski definition) is 3. The molecule has 0 saturated heterocycles. The molecule has 1 aromatic heterocycles. The van der Waals surface area contributed by atoms with Crippen molar-refractivity contribution in [3.05, 3.63) is 51.7 Å². The van der Waals surface area contributed by atoms with Crippen LogP contribution in [0.2, 0.25) is 5.02 Å². The molecular formula is C12H9BrClNO2. The molecule has 2 aromatic rings. The van der Waals surface area contributed by atoms with Gasteiger partial charge in [0.15, 0.2) is 0 Å². The fraction of sp³-hybridized carbons (Fsp3) is 0.0833. The van der Waals surface area contributed by atoms with E-state index in [9.17, 15) is 5.11 Å². The van der Waals surface area contributed by atoms with Gasteiger partial charge in [-0.1, -0.05) is 11.6 Å². The molecule has 1 aromatic carbocycles. The van der Waals surface area contributed by atoms with Gasteiger partial charge in [0.2, 0.25) is 0 Å². The van der Waals surface area contributed by atoms with Gasteiger partial charge >= 0.3 is 0 Å². The first-order valence-corrected chi connectivity index (χ1v) is 6.04. The van der Waals surface area contributed by atoms with Crippen molar-refractivity contribution in [3.8, 4) is 11.5 Å². The van der Waals surface area contributed by atoms with Crippen molar-refractivity contribution < 1.29 is 9.84 Å². The maximum absolute atomic E-state index is 9.21. The van der Waals surface area contributed by atoms with Crippen LogP contribution >= 0.6 is 27.5 Å². The van der Waals surface area contributed by atoms with Crippen LogP contribution in [0.4, 0.5) is 0 Å². The number of aromatic nitrogens is 1. The second-order valence-corrected chi connectivity index (χ2v) is 4.70. The molecule has 0 bridgehead atoms. The van der Waals surface area contributed by atoms with Crippen LogP contribution in [0, 0.1) is 0 Å². The first kappa shape index (κ1) is 12.4. The summed E-state index contributed by atoms with van der Waals surface area (Å²) >= 11 is 9.15. The smallest absolute Gasteiger partial charge is 0.146 e. The Bertz CT molecular complexity index is 534. The van der Waals surface area contributed by atoms with Gasteiger partial charge in [0.1, 0.15) is 11.5 Å². The molecule has 0 aliphatic carbocycles. The summed E-state index contributed by atoms with van der Waals surface area (Å²) in [6.07, 6.45) is 3.27. The number of rotatable bonds is 3. The summed E-state index contributed by atoms with van der Waals surface area (Å²) in [5, 5.41) is 9.78. The van der Waals surface area contributed by atoms with E-state index in [1.807, 2.05) is 0 Å². The quantitative estimate of drug-likeness (QED) is 0.937. The second-order valence-electron chi connectivity index (χ2n) is 3.35. The summed E-state index contributed by atoms with van der Waals surface area (Å²) < 4.78 is 6.45. The Balaban J connectivity index is 2.29. The van der Waals surface area contributed by atoms with Crippen LogP contribution in [0.3, 0.4) is 0 Å². The Morgan fingerprint density at radius 3 is 2.82 bits per heavy atom. The summed E-state index contributed by atoms with van der Waals surface area (Å²) in [4.78, 5) is 3.99. The number of halogens is 2. The largest absolute Gasteiger partial charge is 0.455 e. The maximum Gasteiger partial charge on any atom is 0.146 e. The lowest BCUT2D eigenvalue weighted by atomic mass is 10.2. The van der Waals surface area contributed by atoms with Crippen molar-refractivity contribution in [1.82, 2.24) is 4.98 Å². The lowest BCUT2D eigenvalue weighted by Gasteiger charge is -2.09. The van der Waals surface area contributed by atoms with Gasteiger partial charge in [0.25, 0.3) is 0 Å². The maximum atomic E-state index is 9.21. The highest BCUT2D eigenvalue weighted by atomic mass is 79.9. The van der Waals surface area contributed by atoms with Gasteiger partial charge in [-0.2, -0.15) is 0 Å². The molecule has 0 aliphatic heterocycles. The van der Waals surface area contributed by atoms with E-state index in [1.165, 1.54) is 0 Å². The summed E-state index contributed by atoms with van der Waals surface area (Å²) in [5.41, 5.74) is 0.637. The lowest BCUT2D eigenvalue weighted by Crippen LogP contribution is -1.92. The van der Waals surface area contributed by atoms with Gasteiger partial charge in [0.05, 0.1) is 12.8 Å². The Kier molecular flexibility index (Phi) is 3.99. The van der Waals surface area contributed by atoms with Crippen molar-refractivity contribution >= 4 is 27.5 Å². The third-order valence-corrected chi connectivity index (χ3v) is 2.77. The number of nitrogens with zero attached hydrogens (tertiary/aromatic N) is 1. The molecule has 1 N–H and O–H groups in total. The summed E-state index contributed by atoms with van der Waals surface area (Å²) in [5.74, 6) is 1.16. The van der Waals surface area contributed by atoms with E-state index in [0.29, 0.717) is 22.1 Å². The zero-order chi connectivity index (χ0) is 12.3. The Morgan fingerprint density at radius 2 is 2.12 bits per heavy atom. The average molecular weight is 315 g/mol. The zero-order valence-electron chi connectivity index (χ0n) is 8.73. The molecule has 0 atom stereocenters. The van der Waals surface area contributed by atoms with Crippen molar-refractivity contribution in [2.24, 2.45) is 0 Å². The van der Waals surface area contributed by atoms with Crippen LogP contribution in [-0.4, -0.2) is 10.1 Å². The van der Waals surface area contributed by atoms with E-state index in [-0.39, 0.29) is 6.61 Å². The summed E-state index contributed by atoms with van der Waals surface area (Å²) in [7, 11) is 0. The highest BCUT2D eigenvalue weighted by Gasteiger charge is 2.05. The number of hydrogen-bond donors (Lipinski definition) is 1. The minimum absolute atomic E-state index is 0.128. The zero-order valence-corrected chi connectivity index (χ0v) is 11.1. The van der Waals surface area contributed by atoms with E-state index >= 15 is 0 Å². The third kappa shape index (κ3) is 3.19. The molecule has 17 heavy (non-hydrogen) atoms. The number of aliphatic hydroxyl groups is 1. The van der Waals surface area contributed by atoms with Crippen LogP contribution in [0.15, 0.2) is 41.1 Å². The van der Waals surface area contributed by atoms with Crippen molar-refractivity contribution in [3.63, 3.8) is 0 Å². The number of ether oxygens (including phenoxy) is 1. The monoisotopic (exact) mass is 313 g/mol. The van der Waals surface area contributed by atoms with Crippen LogP contribution < -0.4 is 4.74 Å². The van der Waals surface area contributed by atoms with Gasteiger partial charge in [-0.15, -0.1) is 0 Å². The van der Waals surface area contributed by atoms with E-state index in [2.05, 4.69) is 20.9 Å². The van der Waals surface area contributed by atoms with E-state index < -0.39 is 0 Å². The molecule has 1 heterocycles. The van der Waals surface area contributed by atoms with Gasteiger partial charge in [-0.05, 0) is 40.2 Å². The Labute approximate surface area is 112 Å². The standard InChI is InChI=1S/C12H9BrClNO2/c13-9-4-11(6-15-5-9)17-12-2-1-10(14)3-8(12)7-16/h1-6,16H,7H2.